The number of rotatable bonds is 2. The first kappa shape index (κ1) is 10.7. The van der Waals surface area contributed by atoms with Gasteiger partial charge in [-0.1, -0.05) is 0 Å². The Morgan fingerprint density at radius 1 is 1.07 bits per heavy atom. The van der Waals surface area contributed by atoms with Gasteiger partial charge in [-0.15, -0.1) is 4.91 Å². The highest BCUT2D eigenvalue weighted by Crippen LogP contribution is 2.17. The van der Waals surface area contributed by atoms with Gasteiger partial charge in [0.25, 0.3) is 0 Å². The largest absolute Gasteiger partial charge is 0.368 e. The number of nitrogens with zero attached hydrogens (tertiary/aromatic N) is 3. The van der Waals surface area contributed by atoms with E-state index in [4.69, 9.17) is 0 Å². The zero-order chi connectivity index (χ0) is 10.7. The van der Waals surface area contributed by atoms with Gasteiger partial charge in [0.2, 0.25) is 0 Å². The van der Waals surface area contributed by atoms with Crippen LogP contribution in [0, 0.1) is 8.48 Å². The van der Waals surface area contributed by atoms with Gasteiger partial charge < -0.3 is 4.90 Å². The monoisotopic (exact) mass is 317 g/mol. The second-order valence-electron chi connectivity index (χ2n) is 3.50. The number of nitroso groups, excluding NO2 is 1. The molecule has 15 heavy (non-hydrogen) atoms. The Morgan fingerprint density at radius 2 is 1.67 bits per heavy atom. The summed E-state index contributed by atoms with van der Waals surface area (Å²) in [7, 11) is 0. The van der Waals surface area contributed by atoms with E-state index in [9.17, 15) is 4.91 Å². The SMILES string of the molecule is O=NN1CCN(c2ccc(I)cc2)CC1. The number of hydrogen-bond donors (Lipinski definition) is 0. The molecule has 0 spiro atoms. The highest BCUT2D eigenvalue weighted by atomic mass is 127. The van der Waals surface area contributed by atoms with Crippen molar-refractivity contribution < 1.29 is 0 Å². The van der Waals surface area contributed by atoms with Crippen molar-refractivity contribution in [1.82, 2.24) is 5.01 Å². The summed E-state index contributed by atoms with van der Waals surface area (Å²) in [6.07, 6.45) is 0. The molecule has 4 nitrogen and oxygen atoms in total. The summed E-state index contributed by atoms with van der Waals surface area (Å²) in [5, 5.41) is 4.52. The van der Waals surface area contributed by atoms with Crippen molar-refractivity contribution in [3.63, 3.8) is 0 Å². The Balaban J connectivity index is 2.01. The van der Waals surface area contributed by atoms with Gasteiger partial charge in [0.1, 0.15) is 0 Å². The quantitative estimate of drug-likeness (QED) is 0.619. The average Bonchev–Trinajstić information content (AvgIpc) is 2.30. The number of anilines is 1. The third kappa shape index (κ3) is 2.58. The van der Waals surface area contributed by atoms with Crippen LogP contribution in [0.5, 0.6) is 0 Å². The third-order valence-corrected chi connectivity index (χ3v) is 3.28. The van der Waals surface area contributed by atoms with E-state index in [-0.39, 0.29) is 0 Å². The molecule has 5 heteroatoms. The van der Waals surface area contributed by atoms with E-state index in [1.165, 1.54) is 9.26 Å². The number of halogens is 1. The lowest BCUT2D eigenvalue weighted by Crippen LogP contribution is -2.43. The minimum absolute atomic E-state index is 0.718. The molecule has 0 amide bonds. The van der Waals surface area contributed by atoms with Gasteiger partial charge in [0, 0.05) is 22.3 Å². The minimum atomic E-state index is 0.718. The van der Waals surface area contributed by atoms with Crippen molar-refractivity contribution in [2.75, 3.05) is 31.1 Å². The van der Waals surface area contributed by atoms with Crippen molar-refractivity contribution >= 4 is 28.3 Å². The van der Waals surface area contributed by atoms with Crippen molar-refractivity contribution in [2.45, 2.75) is 0 Å². The van der Waals surface area contributed by atoms with E-state index in [1.54, 1.807) is 5.01 Å². The summed E-state index contributed by atoms with van der Waals surface area (Å²) in [6.45, 7) is 3.17. The van der Waals surface area contributed by atoms with Gasteiger partial charge in [-0.2, -0.15) is 0 Å². The zero-order valence-corrected chi connectivity index (χ0v) is 10.4. The van der Waals surface area contributed by atoms with Crippen LogP contribution in [0.15, 0.2) is 29.6 Å². The molecule has 80 valence electrons. The maximum absolute atomic E-state index is 10.3. The van der Waals surface area contributed by atoms with Gasteiger partial charge in [-0.3, -0.25) is 5.01 Å². The van der Waals surface area contributed by atoms with Gasteiger partial charge in [-0.25, -0.2) is 0 Å². The average molecular weight is 317 g/mol. The van der Waals surface area contributed by atoms with Gasteiger partial charge >= 0.3 is 0 Å². The topological polar surface area (TPSA) is 35.9 Å². The summed E-state index contributed by atoms with van der Waals surface area (Å²) in [4.78, 5) is 12.6. The van der Waals surface area contributed by atoms with Crippen LogP contribution in [-0.2, 0) is 0 Å². The molecular formula is C10H12IN3O. The van der Waals surface area contributed by atoms with Crippen LogP contribution >= 0.6 is 22.6 Å². The fraction of sp³-hybridized carbons (Fsp3) is 0.400. The van der Waals surface area contributed by atoms with E-state index in [1.807, 2.05) is 0 Å². The first-order chi connectivity index (χ1) is 7.29. The van der Waals surface area contributed by atoms with Crippen LogP contribution in [0.25, 0.3) is 0 Å². The fourth-order valence-electron chi connectivity index (χ4n) is 1.69. The van der Waals surface area contributed by atoms with E-state index in [0.717, 1.165) is 26.2 Å². The molecule has 0 N–H and O–H groups in total. The second kappa shape index (κ2) is 4.78. The molecule has 0 atom stereocenters. The van der Waals surface area contributed by atoms with Crippen LogP contribution in [0.2, 0.25) is 0 Å². The molecule has 0 radical (unpaired) electrons. The molecule has 1 heterocycles. The summed E-state index contributed by atoms with van der Waals surface area (Å²) in [6, 6.07) is 8.43. The Morgan fingerprint density at radius 3 is 2.20 bits per heavy atom. The predicted octanol–water partition coefficient (Wildman–Crippen LogP) is 2.09. The molecule has 0 aromatic heterocycles. The van der Waals surface area contributed by atoms with Crippen molar-refractivity contribution in [2.24, 2.45) is 5.29 Å². The zero-order valence-electron chi connectivity index (χ0n) is 8.27. The molecule has 1 fully saturated rings. The normalized spacial score (nSPS) is 16.6. The molecule has 1 saturated heterocycles. The van der Waals surface area contributed by atoms with Gasteiger partial charge in [-0.05, 0) is 46.9 Å². The molecular weight excluding hydrogens is 305 g/mol. The summed E-state index contributed by atoms with van der Waals surface area (Å²) >= 11 is 2.29. The second-order valence-corrected chi connectivity index (χ2v) is 4.74. The van der Waals surface area contributed by atoms with E-state index >= 15 is 0 Å². The Kier molecular flexibility index (Phi) is 3.40. The standard InChI is InChI=1S/C10H12IN3O/c11-9-1-3-10(4-2-9)13-5-7-14(12-15)8-6-13/h1-4H,5-8H2. The van der Waals surface area contributed by atoms with Crippen LogP contribution < -0.4 is 4.90 Å². The van der Waals surface area contributed by atoms with Crippen molar-refractivity contribution in [3.8, 4) is 0 Å². The molecule has 1 aromatic carbocycles. The van der Waals surface area contributed by atoms with Crippen LogP contribution in [0.1, 0.15) is 0 Å². The highest BCUT2D eigenvalue weighted by molar-refractivity contribution is 14.1. The Bertz CT molecular complexity index is 333. The molecule has 0 bridgehead atoms. The fourth-order valence-corrected chi connectivity index (χ4v) is 2.05. The van der Waals surface area contributed by atoms with Crippen molar-refractivity contribution in [3.05, 3.63) is 32.7 Å². The Hall–Kier alpha value is -0.850. The van der Waals surface area contributed by atoms with E-state index < -0.39 is 0 Å². The molecule has 0 saturated carbocycles. The van der Waals surface area contributed by atoms with E-state index in [0.29, 0.717) is 0 Å². The third-order valence-electron chi connectivity index (χ3n) is 2.56. The molecule has 0 unspecified atom stereocenters. The number of hydrogen-bond acceptors (Lipinski definition) is 3. The lowest BCUT2D eigenvalue weighted by atomic mass is 10.2. The molecule has 1 aliphatic rings. The number of piperazine rings is 1. The molecule has 1 aliphatic heterocycles. The van der Waals surface area contributed by atoms with Crippen molar-refractivity contribution in [1.29, 1.82) is 0 Å². The first-order valence-electron chi connectivity index (χ1n) is 4.88. The molecule has 1 aromatic rings. The van der Waals surface area contributed by atoms with Crippen LogP contribution in [0.3, 0.4) is 0 Å². The van der Waals surface area contributed by atoms with Gasteiger partial charge in [0.05, 0.1) is 18.4 Å². The lowest BCUT2D eigenvalue weighted by molar-refractivity contribution is 0.267. The minimum Gasteiger partial charge on any atom is -0.368 e. The Labute approximate surface area is 102 Å². The first-order valence-corrected chi connectivity index (χ1v) is 5.96. The molecule has 2 rings (SSSR count). The summed E-state index contributed by atoms with van der Waals surface area (Å²) in [5.41, 5.74) is 1.22. The molecule has 0 aliphatic carbocycles. The summed E-state index contributed by atoms with van der Waals surface area (Å²) in [5.74, 6) is 0. The maximum Gasteiger partial charge on any atom is 0.0568 e. The van der Waals surface area contributed by atoms with Crippen LogP contribution in [-0.4, -0.2) is 31.2 Å². The van der Waals surface area contributed by atoms with Crippen LogP contribution in [0.4, 0.5) is 5.69 Å². The highest BCUT2D eigenvalue weighted by Gasteiger charge is 2.16. The predicted molar refractivity (Wildman–Crippen MR) is 68.7 cm³/mol. The lowest BCUT2D eigenvalue weighted by Gasteiger charge is -2.32. The van der Waals surface area contributed by atoms with Gasteiger partial charge in [0.15, 0.2) is 0 Å². The van der Waals surface area contributed by atoms with E-state index in [2.05, 4.69) is 57.0 Å². The number of benzene rings is 1. The maximum atomic E-state index is 10.3. The summed E-state index contributed by atoms with van der Waals surface area (Å²) < 4.78 is 1.24. The smallest absolute Gasteiger partial charge is 0.0568 e.